The SMILES string of the molecule is C/C(O)=C\C=[N+](C)C. The Kier molecular flexibility index (Phi) is 2.92. The highest BCUT2D eigenvalue weighted by atomic mass is 16.3. The lowest BCUT2D eigenvalue weighted by Gasteiger charge is -1.80. The fourth-order valence-electron chi connectivity index (χ4n) is 0.257. The highest BCUT2D eigenvalue weighted by molar-refractivity contribution is 5.66. The van der Waals surface area contributed by atoms with E-state index in [9.17, 15) is 0 Å². The van der Waals surface area contributed by atoms with E-state index in [0.717, 1.165) is 0 Å². The molecule has 0 unspecified atom stereocenters. The van der Waals surface area contributed by atoms with Crippen LogP contribution in [-0.2, 0) is 0 Å². The van der Waals surface area contributed by atoms with Gasteiger partial charge in [0.05, 0.1) is 5.76 Å². The fraction of sp³-hybridized carbons (Fsp3) is 0.500. The molecule has 0 saturated heterocycles. The van der Waals surface area contributed by atoms with Crippen molar-refractivity contribution < 1.29 is 9.68 Å². The van der Waals surface area contributed by atoms with Gasteiger partial charge in [-0.15, -0.1) is 0 Å². The maximum absolute atomic E-state index is 8.60. The number of hydrogen-bond donors (Lipinski definition) is 1. The van der Waals surface area contributed by atoms with Gasteiger partial charge < -0.3 is 5.11 Å². The lowest BCUT2D eigenvalue weighted by molar-refractivity contribution is -0.458. The summed E-state index contributed by atoms with van der Waals surface area (Å²) in [5.74, 6) is 0.332. The third kappa shape index (κ3) is 5.21. The molecule has 0 radical (unpaired) electrons. The molecule has 0 spiro atoms. The lowest BCUT2D eigenvalue weighted by atomic mass is 10.5. The average Bonchev–Trinajstić information content (AvgIpc) is 1.61. The monoisotopic (exact) mass is 114 g/mol. The molecule has 2 heteroatoms. The van der Waals surface area contributed by atoms with Crippen molar-refractivity contribution >= 4 is 6.21 Å². The zero-order valence-corrected chi connectivity index (χ0v) is 5.55. The van der Waals surface area contributed by atoms with Crippen LogP contribution in [0.3, 0.4) is 0 Å². The molecule has 0 rings (SSSR count). The van der Waals surface area contributed by atoms with Crippen molar-refractivity contribution in [1.29, 1.82) is 0 Å². The van der Waals surface area contributed by atoms with Gasteiger partial charge in [0, 0.05) is 6.08 Å². The summed E-state index contributed by atoms with van der Waals surface area (Å²) >= 11 is 0. The number of aliphatic hydroxyl groups excluding tert-OH is 1. The van der Waals surface area contributed by atoms with Crippen molar-refractivity contribution in [2.24, 2.45) is 0 Å². The highest BCUT2D eigenvalue weighted by Gasteiger charge is 1.78. The largest absolute Gasteiger partial charge is 0.512 e. The molecule has 0 aromatic rings. The average molecular weight is 114 g/mol. The van der Waals surface area contributed by atoms with E-state index in [2.05, 4.69) is 0 Å². The van der Waals surface area contributed by atoms with Gasteiger partial charge in [-0.2, -0.15) is 0 Å². The number of rotatable bonds is 1. The summed E-state index contributed by atoms with van der Waals surface area (Å²) in [6.07, 6.45) is 3.43. The Balaban J connectivity index is 3.76. The van der Waals surface area contributed by atoms with Gasteiger partial charge in [0.25, 0.3) is 0 Å². The van der Waals surface area contributed by atoms with E-state index in [1.165, 1.54) is 0 Å². The maximum atomic E-state index is 8.60. The molecule has 0 atom stereocenters. The third-order valence-corrected chi connectivity index (χ3v) is 0.614. The summed E-state index contributed by atoms with van der Waals surface area (Å²) < 4.78 is 1.86. The number of nitrogens with zero attached hydrogens (tertiary/aromatic N) is 1. The molecule has 46 valence electrons. The van der Waals surface area contributed by atoms with Crippen molar-refractivity contribution in [3.63, 3.8) is 0 Å². The topological polar surface area (TPSA) is 23.2 Å². The Morgan fingerprint density at radius 1 is 1.50 bits per heavy atom. The molecule has 0 saturated carbocycles. The van der Waals surface area contributed by atoms with Crippen LogP contribution in [0, 0.1) is 0 Å². The number of allylic oxidation sites excluding steroid dienone is 2. The number of aliphatic hydroxyl groups is 1. The van der Waals surface area contributed by atoms with Gasteiger partial charge in [-0.3, -0.25) is 0 Å². The van der Waals surface area contributed by atoms with Crippen LogP contribution in [0.15, 0.2) is 11.8 Å². The van der Waals surface area contributed by atoms with Crippen molar-refractivity contribution in [1.82, 2.24) is 0 Å². The quantitative estimate of drug-likeness (QED) is 0.304. The highest BCUT2D eigenvalue weighted by Crippen LogP contribution is 1.77. The minimum Gasteiger partial charge on any atom is -0.512 e. The first-order chi connectivity index (χ1) is 3.63. The molecular formula is C6H12NO+. The maximum Gasteiger partial charge on any atom is 0.166 e. The Hall–Kier alpha value is -0.790. The molecule has 0 heterocycles. The Morgan fingerprint density at radius 2 is 2.00 bits per heavy atom. The smallest absolute Gasteiger partial charge is 0.166 e. The van der Waals surface area contributed by atoms with Gasteiger partial charge in [-0.05, 0) is 6.92 Å². The summed E-state index contributed by atoms with van der Waals surface area (Å²) in [5, 5.41) is 8.60. The third-order valence-electron chi connectivity index (χ3n) is 0.614. The molecule has 1 N–H and O–H groups in total. The standard InChI is InChI=1S/C6H11NO/c1-6(8)4-5-7(2)3/h4-5H,1-3H3/p+1. The van der Waals surface area contributed by atoms with Gasteiger partial charge in [-0.1, -0.05) is 0 Å². The van der Waals surface area contributed by atoms with Gasteiger partial charge >= 0.3 is 0 Å². The van der Waals surface area contributed by atoms with Crippen molar-refractivity contribution in [2.45, 2.75) is 6.92 Å². The van der Waals surface area contributed by atoms with Crippen LogP contribution in [0.1, 0.15) is 6.92 Å². The predicted octanol–water partition coefficient (Wildman–Crippen LogP) is 0.791. The van der Waals surface area contributed by atoms with Gasteiger partial charge in [-0.25, -0.2) is 4.58 Å². The first-order valence-electron chi connectivity index (χ1n) is 2.50. The van der Waals surface area contributed by atoms with E-state index in [1.54, 1.807) is 19.2 Å². The second kappa shape index (κ2) is 3.24. The number of hydrogen-bond acceptors (Lipinski definition) is 1. The van der Waals surface area contributed by atoms with Crippen molar-refractivity contribution in [3.05, 3.63) is 11.8 Å². The first-order valence-corrected chi connectivity index (χ1v) is 2.50. The lowest BCUT2D eigenvalue weighted by Crippen LogP contribution is -1.95. The minimum atomic E-state index is 0.332. The Morgan fingerprint density at radius 3 is 2.12 bits per heavy atom. The van der Waals surface area contributed by atoms with Crippen LogP contribution in [0.2, 0.25) is 0 Å². The van der Waals surface area contributed by atoms with Gasteiger partial charge in [0.15, 0.2) is 6.21 Å². The summed E-state index contributed by atoms with van der Waals surface area (Å²) in [4.78, 5) is 0. The fourth-order valence-corrected chi connectivity index (χ4v) is 0.257. The molecule has 0 aromatic carbocycles. The van der Waals surface area contributed by atoms with E-state index in [1.807, 2.05) is 18.7 Å². The molecule has 0 fully saturated rings. The molecule has 0 aromatic heterocycles. The summed E-state index contributed by atoms with van der Waals surface area (Å²) in [6, 6.07) is 0. The molecule has 0 bridgehead atoms. The van der Waals surface area contributed by atoms with Crippen molar-refractivity contribution in [2.75, 3.05) is 14.1 Å². The van der Waals surface area contributed by atoms with E-state index >= 15 is 0 Å². The van der Waals surface area contributed by atoms with Crippen LogP contribution >= 0.6 is 0 Å². The summed E-state index contributed by atoms with van der Waals surface area (Å²) in [5.41, 5.74) is 0. The molecular weight excluding hydrogens is 102 g/mol. The molecule has 2 nitrogen and oxygen atoms in total. The normalized spacial score (nSPS) is 11.1. The molecule has 8 heavy (non-hydrogen) atoms. The van der Waals surface area contributed by atoms with Crippen LogP contribution in [0.5, 0.6) is 0 Å². The van der Waals surface area contributed by atoms with E-state index in [0.29, 0.717) is 5.76 Å². The van der Waals surface area contributed by atoms with Crippen LogP contribution < -0.4 is 0 Å². The second-order valence-electron chi connectivity index (χ2n) is 1.92. The first kappa shape index (κ1) is 7.21. The molecule has 0 aliphatic heterocycles. The zero-order chi connectivity index (χ0) is 6.57. The summed E-state index contributed by atoms with van der Waals surface area (Å²) in [6.45, 7) is 1.64. The van der Waals surface area contributed by atoms with E-state index in [4.69, 9.17) is 5.11 Å². The molecule has 0 amide bonds. The van der Waals surface area contributed by atoms with Gasteiger partial charge in [0.1, 0.15) is 14.1 Å². The predicted molar refractivity (Wildman–Crippen MR) is 34.6 cm³/mol. The molecule has 0 aliphatic carbocycles. The van der Waals surface area contributed by atoms with Crippen LogP contribution in [0.4, 0.5) is 0 Å². The van der Waals surface area contributed by atoms with Crippen LogP contribution in [0.25, 0.3) is 0 Å². The minimum absolute atomic E-state index is 0.332. The second-order valence-corrected chi connectivity index (χ2v) is 1.92. The molecule has 0 aliphatic rings. The Labute approximate surface area is 49.8 Å². The van der Waals surface area contributed by atoms with Gasteiger partial charge in [0.2, 0.25) is 0 Å². The van der Waals surface area contributed by atoms with E-state index < -0.39 is 0 Å². The van der Waals surface area contributed by atoms with Crippen LogP contribution in [-0.4, -0.2) is 30.0 Å². The Bertz CT molecular complexity index is 100. The zero-order valence-electron chi connectivity index (χ0n) is 5.55. The van der Waals surface area contributed by atoms with Crippen molar-refractivity contribution in [3.8, 4) is 0 Å². The van der Waals surface area contributed by atoms with E-state index in [-0.39, 0.29) is 0 Å². The summed E-state index contributed by atoms with van der Waals surface area (Å²) in [7, 11) is 3.80.